The largest absolute Gasteiger partial charge is 0.286 e. The summed E-state index contributed by atoms with van der Waals surface area (Å²) < 4.78 is 1.85. The van der Waals surface area contributed by atoms with Crippen LogP contribution in [-0.2, 0) is 13.0 Å². The first-order valence-electron chi connectivity index (χ1n) is 7.40. The summed E-state index contributed by atoms with van der Waals surface area (Å²) in [4.78, 5) is 23.1. The molecule has 0 amide bonds. The van der Waals surface area contributed by atoms with E-state index in [4.69, 9.17) is 0 Å². The van der Waals surface area contributed by atoms with Gasteiger partial charge < -0.3 is 0 Å². The van der Waals surface area contributed by atoms with E-state index < -0.39 is 4.92 Å². The number of thiophene rings is 1. The lowest BCUT2D eigenvalue weighted by atomic mass is 10.1. The highest BCUT2D eigenvalue weighted by molar-refractivity contribution is 7.12. The van der Waals surface area contributed by atoms with Crippen LogP contribution in [-0.4, -0.2) is 10.7 Å². The number of nitro benzene ring substituents is 1. The van der Waals surface area contributed by atoms with Gasteiger partial charge in [-0.15, -0.1) is 11.3 Å². The summed E-state index contributed by atoms with van der Waals surface area (Å²) in [7, 11) is 0. The van der Waals surface area contributed by atoms with Crippen LogP contribution in [0.4, 0.5) is 5.69 Å². The van der Waals surface area contributed by atoms with E-state index >= 15 is 0 Å². The second-order valence-corrected chi connectivity index (χ2v) is 6.33. The lowest BCUT2D eigenvalue weighted by Crippen LogP contribution is -2.36. The van der Waals surface area contributed by atoms with Crippen LogP contribution in [0.2, 0.25) is 0 Å². The van der Waals surface area contributed by atoms with Crippen molar-refractivity contribution in [2.45, 2.75) is 13.0 Å². The van der Waals surface area contributed by atoms with Gasteiger partial charge in [0.25, 0.3) is 5.69 Å². The quantitative estimate of drug-likeness (QED) is 0.299. The Labute approximate surface area is 143 Å². The van der Waals surface area contributed by atoms with Crippen molar-refractivity contribution in [1.82, 2.24) is 0 Å². The molecule has 120 valence electrons. The standard InChI is InChI=1S/C18H15N2O3S/c21-17(18-2-1-11-24-18)13-19-9-7-15(8-10-19)12-14-3-5-16(6-4-14)20(22)23/h1-11H,12-13H2/q+1. The summed E-state index contributed by atoms with van der Waals surface area (Å²) in [6, 6.07) is 14.2. The number of rotatable bonds is 6. The molecule has 3 aromatic rings. The normalized spacial score (nSPS) is 10.5. The molecule has 0 spiro atoms. The number of nitrogens with zero attached hydrogens (tertiary/aromatic N) is 2. The average molecular weight is 339 g/mol. The Morgan fingerprint density at radius 1 is 1.04 bits per heavy atom. The summed E-state index contributed by atoms with van der Waals surface area (Å²) in [5.74, 6) is 0.0955. The summed E-state index contributed by atoms with van der Waals surface area (Å²) in [5, 5.41) is 12.6. The van der Waals surface area contributed by atoms with Gasteiger partial charge in [0, 0.05) is 24.3 Å². The SMILES string of the molecule is O=C(C[n+]1ccc(Cc2ccc([N+](=O)[O-])cc2)cc1)c1cccs1. The molecule has 3 rings (SSSR count). The fraction of sp³-hybridized carbons (Fsp3) is 0.111. The molecular formula is C18H15N2O3S+. The first-order chi connectivity index (χ1) is 11.6. The predicted molar refractivity (Wildman–Crippen MR) is 91.2 cm³/mol. The molecule has 0 fully saturated rings. The van der Waals surface area contributed by atoms with Gasteiger partial charge in [-0.05, 0) is 29.0 Å². The van der Waals surface area contributed by atoms with Gasteiger partial charge in [-0.25, -0.2) is 0 Å². The van der Waals surface area contributed by atoms with Crippen LogP contribution in [0, 0.1) is 10.1 Å². The number of hydrogen-bond acceptors (Lipinski definition) is 4. The van der Waals surface area contributed by atoms with Crippen LogP contribution in [0.1, 0.15) is 20.8 Å². The Kier molecular flexibility index (Phi) is 4.77. The first-order valence-corrected chi connectivity index (χ1v) is 8.28. The average Bonchev–Trinajstić information content (AvgIpc) is 3.12. The van der Waals surface area contributed by atoms with Crippen molar-refractivity contribution in [2.75, 3.05) is 0 Å². The topological polar surface area (TPSA) is 64.1 Å². The molecule has 1 aromatic carbocycles. The molecule has 0 radical (unpaired) electrons. The Balaban J connectivity index is 1.64. The minimum Gasteiger partial charge on any atom is -0.286 e. The molecule has 0 N–H and O–H groups in total. The zero-order valence-corrected chi connectivity index (χ0v) is 13.6. The summed E-state index contributed by atoms with van der Waals surface area (Å²) in [6.07, 6.45) is 4.45. The number of aromatic nitrogens is 1. The number of benzene rings is 1. The van der Waals surface area contributed by atoms with Crippen molar-refractivity contribution in [3.63, 3.8) is 0 Å². The maximum absolute atomic E-state index is 12.1. The number of carbonyl (C=O) groups excluding carboxylic acids is 1. The number of non-ortho nitro benzene ring substituents is 1. The minimum atomic E-state index is -0.403. The fourth-order valence-electron chi connectivity index (χ4n) is 2.36. The summed E-state index contributed by atoms with van der Waals surface area (Å²) >= 11 is 1.45. The predicted octanol–water partition coefficient (Wildman–Crippen LogP) is 3.42. The highest BCUT2D eigenvalue weighted by Gasteiger charge is 2.13. The van der Waals surface area contributed by atoms with Crippen molar-refractivity contribution in [1.29, 1.82) is 0 Å². The molecule has 0 saturated carbocycles. The lowest BCUT2D eigenvalue weighted by molar-refractivity contribution is -0.683. The van der Waals surface area contributed by atoms with Gasteiger partial charge in [-0.3, -0.25) is 14.9 Å². The Morgan fingerprint density at radius 3 is 2.29 bits per heavy atom. The third kappa shape index (κ3) is 3.91. The van der Waals surface area contributed by atoms with Gasteiger partial charge >= 0.3 is 0 Å². The number of ketones is 1. The monoisotopic (exact) mass is 339 g/mol. The smallest absolute Gasteiger partial charge is 0.269 e. The molecule has 0 bridgehead atoms. The van der Waals surface area contributed by atoms with Crippen LogP contribution in [0.25, 0.3) is 0 Å². The molecule has 0 aliphatic rings. The summed E-state index contributed by atoms with van der Waals surface area (Å²) in [5.41, 5.74) is 2.19. The molecular weight excluding hydrogens is 324 g/mol. The highest BCUT2D eigenvalue weighted by atomic mass is 32.1. The molecule has 24 heavy (non-hydrogen) atoms. The van der Waals surface area contributed by atoms with E-state index in [0.29, 0.717) is 13.0 Å². The van der Waals surface area contributed by atoms with Gasteiger partial charge in [0.2, 0.25) is 12.3 Å². The third-order valence-corrected chi connectivity index (χ3v) is 4.55. The Hall–Kier alpha value is -2.86. The van der Waals surface area contributed by atoms with E-state index in [1.807, 2.05) is 46.6 Å². The summed E-state index contributed by atoms with van der Waals surface area (Å²) in [6.45, 7) is 0.318. The molecule has 6 heteroatoms. The number of hydrogen-bond donors (Lipinski definition) is 0. The van der Waals surface area contributed by atoms with E-state index in [2.05, 4.69) is 0 Å². The molecule has 0 aliphatic carbocycles. The fourth-order valence-corrected chi connectivity index (χ4v) is 3.02. The Bertz CT molecular complexity index is 841. The molecule has 0 aliphatic heterocycles. The zero-order valence-electron chi connectivity index (χ0n) is 12.8. The van der Waals surface area contributed by atoms with E-state index in [0.717, 1.165) is 16.0 Å². The van der Waals surface area contributed by atoms with Gasteiger partial charge in [-0.2, -0.15) is 4.57 Å². The van der Waals surface area contributed by atoms with Crippen LogP contribution < -0.4 is 4.57 Å². The van der Waals surface area contributed by atoms with Crippen molar-refractivity contribution >= 4 is 22.8 Å². The second-order valence-electron chi connectivity index (χ2n) is 5.38. The minimum absolute atomic E-state index is 0.0942. The number of carbonyl (C=O) groups is 1. The molecule has 2 heterocycles. The number of Topliss-reactive ketones (excluding diaryl/α,β-unsaturated/α-hetero) is 1. The molecule has 5 nitrogen and oxygen atoms in total. The molecule has 0 atom stereocenters. The molecule has 0 unspecified atom stereocenters. The maximum Gasteiger partial charge on any atom is 0.269 e. The Morgan fingerprint density at radius 2 is 1.71 bits per heavy atom. The van der Waals surface area contributed by atoms with E-state index in [1.54, 1.807) is 12.1 Å². The first kappa shape index (κ1) is 16.0. The third-order valence-electron chi connectivity index (χ3n) is 3.64. The van der Waals surface area contributed by atoms with Crippen molar-refractivity contribution < 1.29 is 14.3 Å². The van der Waals surface area contributed by atoms with E-state index in [9.17, 15) is 14.9 Å². The second kappa shape index (κ2) is 7.14. The van der Waals surface area contributed by atoms with Gasteiger partial charge in [0.05, 0.1) is 9.80 Å². The zero-order chi connectivity index (χ0) is 16.9. The molecule has 2 aromatic heterocycles. The van der Waals surface area contributed by atoms with Gasteiger partial charge in [0.15, 0.2) is 12.4 Å². The number of nitro groups is 1. The highest BCUT2D eigenvalue weighted by Crippen LogP contribution is 2.14. The maximum atomic E-state index is 12.1. The van der Waals surface area contributed by atoms with Crippen LogP contribution >= 0.6 is 11.3 Å². The van der Waals surface area contributed by atoms with Crippen molar-refractivity contribution in [3.8, 4) is 0 Å². The number of pyridine rings is 1. The van der Waals surface area contributed by atoms with Crippen molar-refractivity contribution in [3.05, 3.63) is 92.4 Å². The van der Waals surface area contributed by atoms with Crippen LogP contribution in [0.5, 0.6) is 0 Å². The van der Waals surface area contributed by atoms with Crippen LogP contribution in [0.15, 0.2) is 66.3 Å². The van der Waals surface area contributed by atoms with Gasteiger partial charge in [-0.1, -0.05) is 18.2 Å². The van der Waals surface area contributed by atoms with E-state index in [-0.39, 0.29) is 11.5 Å². The van der Waals surface area contributed by atoms with Crippen LogP contribution in [0.3, 0.4) is 0 Å². The van der Waals surface area contributed by atoms with E-state index in [1.165, 1.54) is 23.5 Å². The van der Waals surface area contributed by atoms with Crippen molar-refractivity contribution in [2.24, 2.45) is 0 Å². The molecule has 0 saturated heterocycles. The lowest BCUT2D eigenvalue weighted by Gasteiger charge is -2.01. The van der Waals surface area contributed by atoms with Gasteiger partial charge in [0.1, 0.15) is 0 Å².